The van der Waals surface area contributed by atoms with Crippen LogP contribution >= 0.6 is 15.9 Å². The minimum Gasteiger partial charge on any atom is -0.213 e. The highest BCUT2D eigenvalue weighted by molar-refractivity contribution is 9.10. The summed E-state index contributed by atoms with van der Waals surface area (Å²) in [5.41, 5.74) is 0.930. The number of sulfonamides is 1. The van der Waals surface area contributed by atoms with Crippen LogP contribution in [0.3, 0.4) is 0 Å². The molecule has 0 aromatic heterocycles. The van der Waals surface area contributed by atoms with Crippen molar-refractivity contribution in [1.29, 1.82) is 0 Å². The Kier molecular flexibility index (Phi) is 3.47. The first-order chi connectivity index (χ1) is 5.97. The summed E-state index contributed by atoms with van der Waals surface area (Å²) in [4.78, 5) is 0. The Bertz CT molecular complexity index is 389. The monoisotopic (exact) mass is 263 g/mol. The van der Waals surface area contributed by atoms with Crippen molar-refractivity contribution in [2.45, 2.75) is 6.54 Å². The van der Waals surface area contributed by atoms with Gasteiger partial charge in [0.05, 0.1) is 6.26 Å². The van der Waals surface area contributed by atoms with Gasteiger partial charge in [0.15, 0.2) is 0 Å². The lowest BCUT2D eigenvalue weighted by atomic mass is 10.2. The lowest BCUT2D eigenvalue weighted by Gasteiger charge is -2.02. The summed E-state index contributed by atoms with van der Waals surface area (Å²) in [7, 11) is -3.10. The Morgan fingerprint density at radius 2 is 2.15 bits per heavy atom. The lowest BCUT2D eigenvalue weighted by Crippen LogP contribution is -2.21. The molecule has 0 fully saturated rings. The minimum absolute atomic E-state index is 0.332. The smallest absolute Gasteiger partial charge is 0.209 e. The van der Waals surface area contributed by atoms with Crippen LogP contribution in [-0.2, 0) is 16.6 Å². The molecule has 0 bridgehead atoms. The normalized spacial score (nSPS) is 11.5. The number of rotatable bonds is 3. The van der Waals surface area contributed by atoms with E-state index < -0.39 is 10.0 Å². The molecule has 0 unspecified atom stereocenters. The molecule has 1 N–H and O–H groups in total. The molecule has 1 rings (SSSR count). The van der Waals surface area contributed by atoms with Gasteiger partial charge in [-0.1, -0.05) is 28.1 Å². The van der Waals surface area contributed by atoms with Gasteiger partial charge in [-0.2, -0.15) is 0 Å². The summed E-state index contributed by atoms with van der Waals surface area (Å²) >= 11 is 3.31. The van der Waals surface area contributed by atoms with Gasteiger partial charge >= 0.3 is 0 Å². The second-order valence-corrected chi connectivity index (χ2v) is 5.47. The fourth-order valence-electron chi connectivity index (χ4n) is 0.861. The Hall–Kier alpha value is -0.390. The van der Waals surface area contributed by atoms with Gasteiger partial charge in [-0.25, -0.2) is 13.1 Å². The summed E-state index contributed by atoms with van der Waals surface area (Å²) in [6.45, 7) is 0.332. The van der Waals surface area contributed by atoms with Crippen LogP contribution in [0.15, 0.2) is 28.7 Å². The molecule has 0 amide bonds. The van der Waals surface area contributed by atoms with Crippen molar-refractivity contribution in [3.05, 3.63) is 34.3 Å². The van der Waals surface area contributed by atoms with Gasteiger partial charge in [0.25, 0.3) is 0 Å². The van der Waals surface area contributed by atoms with E-state index in [0.29, 0.717) is 6.54 Å². The maximum absolute atomic E-state index is 10.8. The van der Waals surface area contributed by atoms with E-state index in [1.54, 1.807) is 0 Å². The first kappa shape index (κ1) is 10.7. The number of hydrogen-bond donors (Lipinski definition) is 1. The fourth-order valence-corrected chi connectivity index (χ4v) is 1.74. The zero-order chi connectivity index (χ0) is 9.90. The number of halogens is 1. The summed E-state index contributed by atoms with van der Waals surface area (Å²) in [6, 6.07) is 7.49. The predicted molar refractivity (Wildman–Crippen MR) is 55.8 cm³/mol. The van der Waals surface area contributed by atoms with Gasteiger partial charge in [-0.3, -0.25) is 0 Å². The van der Waals surface area contributed by atoms with Crippen molar-refractivity contribution in [3.8, 4) is 0 Å². The molecule has 1 aromatic carbocycles. The molecule has 0 heterocycles. The molecule has 72 valence electrons. The largest absolute Gasteiger partial charge is 0.213 e. The van der Waals surface area contributed by atoms with E-state index in [9.17, 15) is 8.42 Å². The van der Waals surface area contributed by atoms with Crippen molar-refractivity contribution in [3.63, 3.8) is 0 Å². The molecule has 1 aromatic rings. The summed E-state index contributed by atoms with van der Waals surface area (Å²) in [6.07, 6.45) is 1.14. The average molecular weight is 264 g/mol. The molecule has 0 atom stereocenters. The fraction of sp³-hybridized carbons (Fsp3) is 0.250. The number of benzene rings is 1. The standard InChI is InChI=1S/C8H10BrNO2S/c1-13(11,12)10-6-7-3-2-4-8(9)5-7/h2-5,10H,6H2,1H3. The van der Waals surface area contributed by atoms with E-state index in [2.05, 4.69) is 20.7 Å². The van der Waals surface area contributed by atoms with Crippen LogP contribution in [-0.4, -0.2) is 14.7 Å². The van der Waals surface area contributed by atoms with Crippen LogP contribution in [0.4, 0.5) is 0 Å². The molecule has 0 saturated heterocycles. The highest BCUT2D eigenvalue weighted by Crippen LogP contribution is 2.11. The van der Waals surface area contributed by atoms with Crippen LogP contribution in [0.1, 0.15) is 5.56 Å². The molecule has 0 aliphatic heterocycles. The minimum atomic E-state index is -3.10. The Labute approximate surface area is 86.3 Å². The maximum atomic E-state index is 10.8. The van der Waals surface area contributed by atoms with Crippen LogP contribution in [0.5, 0.6) is 0 Å². The number of hydrogen-bond acceptors (Lipinski definition) is 2. The van der Waals surface area contributed by atoms with Crippen molar-refractivity contribution in [1.82, 2.24) is 4.72 Å². The van der Waals surface area contributed by atoms with Crippen molar-refractivity contribution in [2.24, 2.45) is 0 Å². The van der Waals surface area contributed by atoms with E-state index >= 15 is 0 Å². The molecule has 5 heteroatoms. The Morgan fingerprint density at radius 1 is 1.46 bits per heavy atom. The molecule has 0 radical (unpaired) electrons. The van der Waals surface area contributed by atoms with Crippen molar-refractivity contribution in [2.75, 3.05) is 6.26 Å². The SMILES string of the molecule is CS(=O)(=O)NCc1cccc(Br)c1. The summed E-state index contributed by atoms with van der Waals surface area (Å²) in [5, 5.41) is 0. The van der Waals surface area contributed by atoms with E-state index in [1.807, 2.05) is 24.3 Å². The Morgan fingerprint density at radius 3 is 2.69 bits per heavy atom. The third-order valence-electron chi connectivity index (χ3n) is 1.43. The average Bonchev–Trinajstić information content (AvgIpc) is 2.00. The van der Waals surface area contributed by atoms with Gasteiger partial charge in [-0.05, 0) is 17.7 Å². The predicted octanol–water partition coefficient (Wildman–Crippen LogP) is 1.50. The van der Waals surface area contributed by atoms with Crippen molar-refractivity contribution >= 4 is 26.0 Å². The van der Waals surface area contributed by atoms with Gasteiger partial charge in [-0.15, -0.1) is 0 Å². The van der Waals surface area contributed by atoms with Gasteiger partial charge in [0.2, 0.25) is 10.0 Å². The molecule has 0 aliphatic carbocycles. The highest BCUT2D eigenvalue weighted by Gasteiger charge is 2.00. The third kappa shape index (κ3) is 4.40. The molecule has 0 spiro atoms. The van der Waals surface area contributed by atoms with Gasteiger partial charge in [0, 0.05) is 11.0 Å². The lowest BCUT2D eigenvalue weighted by molar-refractivity contribution is 0.587. The summed E-state index contributed by atoms with van der Waals surface area (Å²) < 4.78 is 24.9. The quantitative estimate of drug-likeness (QED) is 0.899. The van der Waals surface area contributed by atoms with Crippen LogP contribution in [0.2, 0.25) is 0 Å². The third-order valence-corrected chi connectivity index (χ3v) is 2.59. The van der Waals surface area contributed by atoms with Gasteiger partial charge < -0.3 is 0 Å². The molecule has 3 nitrogen and oxygen atoms in total. The van der Waals surface area contributed by atoms with Gasteiger partial charge in [0.1, 0.15) is 0 Å². The topological polar surface area (TPSA) is 46.2 Å². The zero-order valence-electron chi connectivity index (χ0n) is 7.12. The molecular formula is C8H10BrNO2S. The Balaban J connectivity index is 2.65. The van der Waals surface area contributed by atoms with E-state index in [4.69, 9.17) is 0 Å². The molecular weight excluding hydrogens is 254 g/mol. The second kappa shape index (κ2) is 4.21. The highest BCUT2D eigenvalue weighted by atomic mass is 79.9. The van der Waals surface area contributed by atoms with Crippen LogP contribution in [0, 0.1) is 0 Å². The maximum Gasteiger partial charge on any atom is 0.209 e. The second-order valence-electron chi connectivity index (χ2n) is 2.72. The van der Waals surface area contributed by atoms with E-state index in [0.717, 1.165) is 16.3 Å². The van der Waals surface area contributed by atoms with Crippen LogP contribution in [0.25, 0.3) is 0 Å². The molecule has 0 aliphatic rings. The van der Waals surface area contributed by atoms with Crippen molar-refractivity contribution < 1.29 is 8.42 Å². The number of nitrogens with one attached hydrogen (secondary N) is 1. The van der Waals surface area contributed by atoms with Crippen LogP contribution < -0.4 is 4.72 Å². The zero-order valence-corrected chi connectivity index (χ0v) is 9.52. The summed E-state index contributed by atoms with van der Waals surface area (Å²) in [5.74, 6) is 0. The van der Waals surface area contributed by atoms with E-state index in [-0.39, 0.29) is 0 Å². The van der Waals surface area contributed by atoms with E-state index in [1.165, 1.54) is 0 Å². The first-order valence-electron chi connectivity index (χ1n) is 3.66. The molecule has 0 saturated carbocycles. The first-order valence-corrected chi connectivity index (χ1v) is 6.35. The molecule has 13 heavy (non-hydrogen) atoms.